The van der Waals surface area contributed by atoms with Crippen LogP contribution in [-0.4, -0.2) is 30.9 Å². The quantitative estimate of drug-likeness (QED) is 0.422. The van der Waals surface area contributed by atoms with Crippen LogP contribution in [0.3, 0.4) is 0 Å². The van der Waals surface area contributed by atoms with Gasteiger partial charge in [-0.25, -0.2) is 4.39 Å². The number of halogens is 1. The molecule has 28 heavy (non-hydrogen) atoms. The molecule has 1 aromatic carbocycles. The van der Waals surface area contributed by atoms with Crippen molar-refractivity contribution >= 4 is 17.5 Å². The van der Waals surface area contributed by atoms with Crippen LogP contribution in [0.5, 0.6) is 0 Å². The van der Waals surface area contributed by atoms with Crippen LogP contribution in [0.1, 0.15) is 47.6 Å². The Morgan fingerprint density at radius 3 is 2.64 bits per heavy atom. The molecule has 1 aliphatic carbocycles. The Morgan fingerprint density at radius 1 is 1.25 bits per heavy atom. The summed E-state index contributed by atoms with van der Waals surface area (Å²) in [5.41, 5.74) is 3.31. The highest BCUT2D eigenvalue weighted by Crippen LogP contribution is 2.41. The molecule has 0 radical (unpaired) electrons. The van der Waals surface area contributed by atoms with E-state index >= 15 is 0 Å². The molecule has 1 saturated carbocycles. The fourth-order valence-electron chi connectivity index (χ4n) is 3.64. The molecule has 2 aromatic heterocycles. The Kier molecular flexibility index (Phi) is 5.10. The van der Waals surface area contributed by atoms with E-state index in [9.17, 15) is 9.18 Å². The average Bonchev–Trinajstić information content (AvgIpc) is 3.37. The molecular formula is C21H23FN4OS. The summed E-state index contributed by atoms with van der Waals surface area (Å²) in [7, 11) is 0. The van der Waals surface area contributed by atoms with E-state index in [4.69, 9.17) is 0 Å². The summed E-state index contributed by atoms with van der Waals surface area (Å²) in [6, 6.07) is 8.85. The minimum absolute atomic E-state index is 0.0792. The van der Waals surface area contributed by atoms with E-state index in [0.717, 1.165) is 36.3 Å². The second-order valence-corrected chi connectivity index (χ2v) is 8.07. The molecule has 146 valence electrons. The van der Waals surface area contributed by atoms with Crippen LogP contribution < -0.4 is 0 Å². The van der Waals surface area contributed by atoms with Gasteiger partial charge in [-0.2, -0.15) is 0 Å². The van der Waals surface area contributed by atoms with Gasteiger partial charge in [0.1, 0.15) is 5.82 Å². The van der Waals surface area contributed by atoms with Gasteiger partial charge in [0, 0.05) is 29.5 Å². The van der Waals surface area contributed by atoms with Gasteiger partial charge in [0.05, 0.1) is 11.3 Å². The van der Waals surface area contributed by atoms with Gasteiger partial charge in [0.15, 0.2) is 16.8 Å². The second kappa shape index (κ2) is 7.54. The van der Waals surface area contributed by atoms with Crippen molar-refractivity contribution in [1.82, 2.24) is 19.3 Å². The Bertz CT molecular complexity index is 1040. The highest BCUT2D eigenvalue weighted by atomic mass is 32.2. The Morgan fingerprint density at radius 2 is 2.00 bits per heavy atom. The second-order valence-electron chi connectivity index (χ2n) is 7.13. The third kappa shape index (κ3) is 3.39. The smallest absolute Gasteiger partial charge is 0.192 e. The number of aromatic nitrogens is 4. The first-order chi connectivity index (χ1) is 13.5. The summed E-state index contributed by atoms with van der Waals surface area (Å²) < 4.78 is 18.4. The van der Waals surface area contributed by atoms with Crippen LogP contribution in [0, 0.1) is 19.7 Å². The first kappa shape index (κ1) is 18.9. The SMILES string of the molecule is CCn1c(C)cc(C(=O)CSc2nnc(-c3ccccc3F)n2C2CC2)c1C. The molecule has 0 N–H and O–H groups in total. The summed E-state index contributed by atoms with van der Waals surface area (Å²) in [6.45, 7) is 6.92. The van der Waals surface area contributed by atoms with Crippen molar-refractivity contribution in [2.75, 3.05) is 5.75 Å². The van der Waals surface area contributed by atoms with Gasteiger partial charge < -0.3 is 4.57 Å². The highest BCUT2D eigenvalue weighted by molar-refractivity contribution is 7.99. The average molecular weight is 399 g/mol. The Balaban J connectivity index is 1.58. The molecular weight excluding hydrogens is 375 g/mol. The lowest BCUT2D eigenvalue weighted by Crippen LogP contribution is -2.07. The predicted octanol–water partition coefficient (Wildman–Crippen LogP) is 4.83. The van der Waals surface area contributed by atoms with Gasteiger partial charge in [-0.05, 0) is 51.8 Å². The van der Waals surface area contributed by atoms with E-state index in [0.29, 0.717) is 16.5 Å². The maximum absolute atomic E-state index is 14.3. The number of ketones is 1. The van der Waals surface area contributed by atoms with Crippen LogP contribution in [0.25, 0.3) is 11.4 Å². The van der Waals surface area contributed by atoms with Crippen LogP contribution in [0.15, 0.2) is 35.5 Å². The lowest BCUT2D eigenvalue weighted by Gasteiger charge is -2.09. The fraction of sp³-hybridized carbons (Fsp3) is 0.381. The molecule has 2 heterocycles. The van der Waals surface area contributed by atoms with Crippen molar-refractivity contribution in [2.45, 2.75) is 51.4 Å². The molecule has 5 nitrogen and oxygen atoms in total. The fourth-order valence-corrected chi connectivity index (χ4v) is 4.53. The standard InChI is InChI=1S/C21H23FN4OS/c1-4-25-13(2)11-17(14(25)3)19(27)12-28-21-24-23-20(26(21)15-9-10-15)16-7-5-6-8-18(16)22/h5-8,11,15H,4,9-10,12H2,1-3H3. The highest BCUT2D eigenvalue weighted by Gasteiger charge is 2.31. The molecule has 0 atom stereocenters. The minimum Gasteiger partial charge on any atom is -0.349 e. The number of hydrogen-bond acceptors (Lipinski definition) is 4. The van der Waals surface area contributed by atoms with E-state index in [1.165, 1.54) is 17.8 Å². The molecule has 3 aromatic rings. The maximum Gasteiger partial charge on any atom is 0.192 e. The van der Waals surface area contributed by atoms with Crippen LogP contribution >= 0.6 is 11.8 Å². The first-order valence-electron chi connectivity index (χ1n) is 9.53. The molecule has 0 saturated heterocycles. The zero-order valence-corrected chi connectivity index (χ0v) is 17.1. The largest absolute Gasteiger partial charge is 0.349 e. The molecule has 0 aliphatic heterocycles. The monoisotopic (exact) mass is 398 g/mol. The lowest BCUT2D eigenvalue weighted by molar-refractivity contribution is 0.102. The molecule has 4 rings (SSSR count). The summed E-state index contributed by atoms with van der Waals surface area (Å²) >= 11 is 1.38. The van der Waals surface area contributed by atoms with Crippen molar-refractivity contribution in [3.8, 4) is 11.4 Å². The zero-order valence-electron chi connectivity index (χ0n) is 16.3. The number of nitrogens with zero attached hydrogens (tertiary/aromatic N) is 4. The van der Waals surface area contributed by atoms with Crippen molar-refractivity contribution in [1.29, 1.82) is 0 Å². The summed E-state index contributed by atoms with van der Waals surface area (Å²) in [4.78, 5) is 12.8. The normalized spacial score (nSPS) is 13.9. The van der Waals surface area contributed by atoms with Crippen LogP contribution in [-0.2, 0) is 6.54 Å². The minimum atomic E-state index is -0.309. The van der Waals surface area contributed by atoms with Crippen LogP contribution in [0.4, 0.5) is 4.39 Å². The summed E-state index contributed by atoms with van der Waals surface area (Å²) in [5.74, 6) is 0.600. The van der Waals surface area contributed by atoms with Gasteiger partial charge in [-0.1, -0.05) is 23.9 Å². The number of benzene rings is 1. The van der Waals surface area contributed by atoms with Gasteiger partial charge in [0.2, 0.25) is 0 Å². The third-order valence-electron chi connectivity index (χ3n) is 5.21. The molecule has 0 spiro atoms. The third-order valence-corrected chi connectivity index (χ3v) is 6.16. The topological polar surface area (TPSA) is 52.7 Å². The number of aryl methyl sites for hydroxylation is 1. The van der Waals surface area contributed by atoms with Gasteiger partial charge >= 0.3 is 0 Å². The van der Waals surface area contributed by atoms with E-state index < -0.39 is 0 Å². The van der Waals surface area contributed by atoms with Crippen LogP contribution in [0.2, 0.25) is 0 Å². The van der Waals surface area contributed by atoms with Crippen molar-refractivity contribution in [3.05, 3.63) is 53.1 Å². The molecule has 0 amide bonds. The van der Waals surface area contributed by atoms with E-state index in [-0.39, 0.29) is 23.4 Å². The van der Waals surface area contributed by atoms with E-state index in [2.05, 4.69) is 21.7 Å². The number of Topliss-reactive ketones (excluding diaryl/α,β-unsaturated/α-hetero) is 1. The lowest BCUT2D eigenvalue weighted by atomic mass is 10.2. The molecule has 1 fully saturated rings. The maximum atomic E-state index is 14.3. The van der Waals surface area contributed by atoms with Crippen molar-refractivity contribution in [3.63, 3.8) is 0 Å². The first-order valence-corrected chi connectivity index (χ1v) is 10.5. The number of carbonyl (C=O) groups is 1. The predicted molar refractivity (Wildman–Crippen MR) is 108 cm³/mol. The molecule has 0 bridgehead atoms. The molecule has 7 heteroatoms. The number of thioether (sulfide) groups is 1. The zero-order chi connectivity index (χ0) is 19.8. The Labute approximate surface area is 168 Å². The molecule has 1 aliphatic rings. The van der Waals surface area contributed by atoms with Gasteiger partial charge in [0.25, 0.3) is 0 Å². The van der Waals surface area contributed by atoms with Crippen molar-refractivity contribution < 1.29 is 9.18 Å². The molecule has 0 unspecified atom stereocenters. The van der Waals surface area contributed by atoms with E-state index in [1.54, 1.807) is 18.2 Å². The number of hydrogen-bond donors (Lipinski definition) is 0. The van der Waals surface area contributed by atoms with Crippen molar-refractivity contribution in [2.24, 2.45) is 0 Å². The van der Waals surface area contributed by atoms with E-state index in [1.807, 2.05) is 24.5 Å². The Hall–Kier alpha value is -2.41. The summed E-state index contributed by atoms with van der Waals surface area (Å²) in [6.07, 6.45) is 2.05. The number of carbonyl (C=O) groups excluding carboxylic acids is 1. The van der Waals surface area contributed by atoms with Gasteiger partial charge in [-0.3, -0.25) is 9.36 Å². The van der Waals surface area contributed by atoms with Gasteiger partial charge in [-0.15, -0.1) is 10.2 Å². The number of rotatable bonds is 7. The summed E-state index contributed by atoms with van der Waals surface area (Å²) in [5, 5.41) is 9.20.